The predicted molar refractivity (Wildman–Crippen MR) is 98.4 cm³/mol. The minimum Gasteiger partial charge on any atom is -0.274 e. The molecule has 148 valence electrons. The van der Waals surface area contributed by atoms with Gasteiger partial charge in [0.1, 0.15) is 9.79 Å². The van der Waals surface area contributed by atoms with Gasteiger partial charge in [-0.15, -0.1) is 0 Å². The van der Waals surface area contributed by atoms with Crippen LogP contribution in [0.3, 0.4) is 0 Å². The van der Waals surface area contributed by atoms with Crippen LogP contribution >= 0.6 is 0 Å². The molecule has 27 heavy (non-hydrogen) atoms. The summed E-state index contributed by atoms with van der Waals surface area (Å²) in [6.45, 7) is 2.06. The Morgan fingerprint density at radius 2 is 1.81 bits per heavy atom. The van der Waals surface area contributed by atoms with Crippen molar-refractivity contribution in [2.75, 3.05) is 0 Å². The maximum Gasteiger partial charge on any atom is 0.265 e. The number of nitrogens with one attached hydrogen (secondary N) is 1. The molecule has 7 nitrogen and oxygen atoms in total. The quantitative estimate of drug-likeness (QED) is 0.762. The van der Waals surface area contributed by atoms with Gasteiger partial charge in [0.25, 0.3) is 10.0 Å². The van der Waals surface area contributed by atoms with Crippen LogP contribution in [0.25, 0.3) is 0 Å². The standard InChI is InChI=1S/C18H24N2O5S2/c1-17(7-12-6-13-9-18(13,8-12)11-17)10-16(21)20-27(24,25)15-5-3-2-4-14(15)26(19,22)23/h2-5,12-13H,6-11H2,1H3,(H,20,21)(H2,19,22,23). The average Bonchev–Trinajstić information content (AvgIpc) is 3.05. The molecule has 3 fully saturated rings. The Labute approximate surface area is 159 Å². The SMILES string of the molecule is CC1(CC(=O)NS(=O)(=O)c2ccccc2S(N)(=O)=O)CC2CC3CC3(C2)C1. The molecule has 0 radical (unpaired) electrons. The third-order valence-corrected chi connectivity index (χ3v) is 9.04. The van der Waals surface area contributed by atoms with Gasteiger partial charge in [-0.05, 0) is 66.9 Å². The summed E-state index contributed by atoms with van der Waals surface area (Å²) in [5.41, 5.74) is 0.171. The van der Waals surface area contributed by atoms with Gasteiger partial charge in [-0.1, -0.05) is 19.1 Å². The average molecular weight is 413 g/mol. The highest BCUT2D eigenvalue weighted by molar-refractivity contribution is 7.92. The van der Waals surface area contributed by atoms with Gasteiger partial charge in [-0.3, -0.25) is 4.79 Å². The zero-order valence-electron chi connectivity index (χ0n) is 15.1. The van der Waals surface area contributed by atoms with Crippen LogP contribution in [0.5, 0.6) is 0 Å². The van der Waals surface area contributed by atoms with Crippen molar-refractivity contribution in [3.8, 4) is 0 Å². The van der Waals surface area contributed by atoms with E-state index < -0.39 is 35.7 Å². The number of sulfonamides is 2. The highest BCUT2D eigenvalue weighted by atomic mass is 32.2. The molecule has 1 aromatic rings. The fourth-order valence-corrected chi connectivity index (χ4v) is 8.18. The van der Waals surface area contributed by atoms with Crippen molar-refractivity contribution < 1.29 is 21.6 Å². The first kappa shape index (κ1) is 18.9. The van der Waals surface area contributed by atoms with Gasteiger partial charge in [0.05, 0.1) is 0 Å². The number of primary sulfonamides is 1. The van der Waals surface area contributed by atoms with E-state index in [0.717, 1.165) is 30.9 Å². The van der Waals surface area contributed by atoms with Crippen molar-refractivity contribution in [2.24, 2.45) is 27.8 Å². The molecule has 2 bridgehead atoms. The predicted octanol–water partition coefficient (Wildman–Crippen LogP) is 1.75. The Hall–Kier alpha value is -1.45. The van der Waals surface area contributed by atoms with Gasteiger partial charge in [-0.25, -0.2) is 26.7 Å². The highest BCUT2D eigenvalue weighted by Gasteiger charge is 2.65. The minimum absolute atomic E-state index is 0.120. The van der Waals surface area contributed by atoms with Crippen molar-refractivity contribution in [2.45, 2.75) is 55.2 Å². The molecule has 9 heteroatoms. The molecular weight excluding hydrogens is 388 g/mol. The Morgan fingerprint density at radius 3 is 2.44 bits per heavy atom. The van der Waals surface area contributed by atoms with Crippen molar-refractivity contribution in [1.82, 2.24) is 4.72 Å². The lowest BCUT2D eigenvalue weighted by molar-refractivity contribution is -0.122. The summed E-state index contributed by atoms with van der Waals surface area (Å²) in [7, 11) is -8.56. The maximum atomic E-state index is 12.6. The van der Waals surface area contributed by atoms with Crippen LogP contribution in [0.2, 0.25) is 0 Å². The zero-order valence-corrected chi connectivity index (χ0v) is 16.8. The van der Waals surface area contributed by atoms with Crippen LogP contribution in [0.1, 0.15) is 45.4 Å². The van der Waals surface area contributed by atoms with E-state index >= 15 is 0 Å². The maximum absolute atomic E-state index is 12.6. The van der Waals surface area contributed by atoms with Crippen LogP contribution < -0.4 is 9.86 Å². The summed E-state index contributed by atoms with van der Waals surface area (Å²) in [5.74, 6) is 0.824. The molecule has 0 aromatic heterocycles. The number of hydrogen-bond acceptors (Lipinski definition) is 5. The summed E-state index contributed by atoms with van der Waals surface area (Å²) in [6.07, 6.45) is 5.73. The molecule has 0 heterocycles. The first-order valence-electron chi connectivity index (χ1n) is 9.10. The molecule has 1 aromatic carbocycles. The van der Waals surface area contributed by atoms with Gasteiger partial charge in [0.15, 0.2) is 0 Å². The second-order valence-corrected chi connectivity index (χ2v) is 12.1. The van der Waals surface area contributed by atoms with E-state index in [2.05, 4.69) is 6.92 Å². The minimum atomic E-state index is -4.33. The third-order valence-electron chi connectivity index (χ3n) is 6.51. The number of fused-ring (bicyclic) bond motifs is 1. The van der Waals surface area contributed by atoms with E-state index in [1.54, 1.807) is 0 Å². The molecule has 3 aliphatic carbocycles. The van der Waals surface area contributed by atoms with E-state index in [0.29, 0.717) is 11.3 Å². The van der Waals surface area contributed by atoms with E-state index in [1.165, 1.54) is 31.4 Å². The fourth-order valence-electron chi connectivity index (χ4n) is 5.81. The smallest absolute Gasteiger partial charge is 0.265 e. The molecule has 4 atom stereocenters. The lowest BCUT2D eigenvalue weighted by atomic mass is 9.65. The zero-order chi connectivity index (χ0) is 19.7. The number of amides is 1. The van der Waals surface area contributed by atoms with Crippen LogP contribution in [0, 0.1) is 22.7 Å². The Kier molecular flexibility index (Phi) is 4.04. The number of rotatable bonds is 5. The largest absolute Gasteiger partial charge is 0.274 e. The number of hydrogen-bond donors (Lipinski definition) is 2. The normalized spacial score (nSPS) is 34.7. The lowest BCUT2D eigenvalue weighted by Crippen LogP contribution is -2.38. The summed E-state index contributed by atoms with van der Waals surface area (Å²) >= 11 is 0. The van der Waals surface area contributed by atoms with E-state index in [9.17, 15) is 21.6 Å². The van der Waals surface area contributed by atoms with Crippen molar-refractivity contribution >= 4 is 26.0 Å². The van der Waals surface area contributed by atoms with Gasteiger partial charge >= 0.3 is 0 Å². The lowest BCUT2D eigenvalue weighted by Gasteiger charge is -2.39. The summed E-state index contributed by atoms with van der Waals surface area (Å²) in [4.78, 5) is 11.5. The Morgan fingerprint density at radius 1 is 1.15 bits per heavy atom. The van der Waals surface area contributed by atoms with Crippen LogP contribution in [0.4, 0.5) is 0 Å². The molecule has 4 rings (SSSR count). The first-order chi connectivity index (χ1) is 12.4. The summed E-state index contributed by atoms with van der Waals surface area (Å²) in [5, 5.41) is 5.11. The fraction of sp³-hybridized carbons (Fsp3) is 0.611. The third kappa shape index (κ3) is 3.40. The van der Waals surface area contributed by atoms with Crippen molar-refractivity contribution in [3.05, 3.63) is 24.3 Å². The first-order valence-corrected chi connectivity index (χ1v) is 12.1. The Balaban J connectivity index is 1.52. The molecule has 4 unspecified atom stereocenters. The molecule has 3 saturated carbocycles. The van der Waals surface area contributed by atoms with Gasteiger partial charge < -0.3 is 0 Å². The van der Waals surface area contributed by atoms with Gasteiger partial charge in [0, 0.05) is 6.42 Å². The van der Waals surface area contributed by atoms with E-state index in [-0.39, 0.29) is 11.8 Å². The summed E-state index contributed by atoms with van der Waals surface area (Å²) in [6, 6.07) is 5.01. The number of carbonyl (C=O) groups excluding carboxylic acids is 1. The molecule has 0 saturated heterocycles. The van der Waals surface area contributed by atoms with Crippen LogP contribution in [-0.4, -0.2) is 22.7 Å². The molecule has 3 N–H and O–H groups in total. The number of nitrogens with two attached hydrogens (primary N) is 1. The molecule has 1 amide bonds. The van der Waals surface area contributed by atoms with E-state index in [4.69, 9.17) is 5.14 Å². The molecule has 1 spiro atoms. The topological polar surface area (TPSA) is 123 Å². The second kappa shape index (κ2) is 5.78. The Bertz CT molecular complexity index is 1020. The number of carbonyl (C=O) groups is 1. The van der Waals surface area contributed by atoms with Crippen LogP contribution in [0.15, 0.2) is 34.1 Å². The molecule has 0 aliphatic heterocycles. The van der Waals surface area contributed by atoms with Gasteiger partial charge in [0.2, 0.25) is 15.9 Å². The monoisotopic (exact) mass is 412 g/mol. The summed E-state index contributed by atoms with van der Waals surface area (Å²) < 4.78 is 50.6. The van der Waals surface area contributed by atoms with Crippen LogP contribution in [-0.2, 0) is 24.8 Å². The van der Waals surface area contributed by atoms with Gasteiger partial charge in [-0.2, -0.15) is 0 Å². The number of benzene rings is 1. The van der Waals surface area contributed by atoms with Crippen molar-refractivity contribution in [3.63, 3.8) is 0 Å². The highest BCUT2D eigenvalue weighted by Crippen LogP contribution is 2.74. The van der Waals surface area contributed by atoms with Crippen molar-refractivity contribution in [1.29, 1.82) is 0 Å². The van der Waals surface area contributed by atoms with E-state index in [1.807, 2.05) is 4.72 Å². The second-order valence-electron chi connectivity index (χ2n) is 8.96. The molecule has 3 aliphatic rings. The molecular formula is C18H24N2O5S2.